The van der Waals surface area contributed by atoms with Crippen molar-refractivity contribution in [2.45, 2.75) is 25.1 Å². The lowest BCUT2D eigenvalue weighted by Crippen LogP contribution is -2.45. The SMILES string of the molecule is CON1CCC(N(C)C(=O)c2ccc(-c3noc(C(F)(F)F)n3)cc2)CC1. The molecule has 2 aromatic rings. The standard InChI is InChI=1S/C17H19F3N4O3/c1-23(13-7-9-24(26-2)10-8-13)15(25)12-5-3-11(4-6-12)14-21-16(27-22-14)17(18,19)20/h3-6,13H,7-10H2,1-2H3. The van der Waals surface area contributed by atoms with E-state index in [2.05, 4.69) is 14.7 Å². The molecular formula is C17H19F3N4O3. The summed E-state index contributed by atoms with van der Waals surface area (Å²) in [5.74, 6) is -1.73. The first-order valence-corrected chi connectivity index (χ1v) is 8.37. The van der Waals surface area contributed by atoms with Crippen LogP contribution in [0.1, 0.15) is 29.1 Å². The Morgan fingerprint density at radius 3 is 2.41 bits per heavy atom. The number of carbonyl (C=O) groups is 1. The van der Waals surface area contributed by atoms with Crippen molar-refractivity contribution >= 4 is 5.91 Å². The van der Waals surface area contributed by atoms with E-state index < -0.39 is 12.1 Å². The molecule has 1 amide bonds. The van der Waals surface area contributed by atoms with Crippen molar-refractivity contribution in [3.05, 3.63) is 35.7 Å². The van der Waals surface area contributed by atoms with Crippen molar-refractivity contribution in [3.63, 3.8) is 0 Å². The molecule has 0 spiro atoms. The molecule has 0 N–H and O–H groups in total. The number of rotatable bonds is 4. The lowest BCUT2D eigenvalue weighted by molar-refractivity contribution is -0.159. The molecule has 1 aromatic heterocycles. The topological polar surface area (TPSA) is 71.7 Å². The van der Waals surface area contributed by atoms with Crippen molar-refractivity contribution in [2.75, 3.05) is 27.2 Å². The lowest BCUT2D eigenvalue weighted by atomic mass is 10.0. The highest BCUT2D eigenvalue weighted by atomic mass is 19.4. The molecule has 7 nitrogen and oxygen atoms in total. The van der Waals surface area contributed by atoms with E-state index in [1.165, 1.54) is 12.1 Å². The number of nitrogens with zero attached hydrogens (tertiary/aromatic N) is 4. The smallest absolute Gasteiger partial charge is 0.339 e. The summed E-state index contributed by atoms with van der Waals surface area (Å²) in [6.07, 6.45) is -3.09. The van der Waals surface area contributed by atoms with E-state index in [0.717, 1.165) is 25.9 Å². The molecule has 10 heteroatoms. The van der Waals surface area contributed by atoms with E-state index in [1.807, 2.05) is 5.06 Å². The highest BCUT2D eigenvalue weighted by molar-refractivity contribution is 5.94. The number of carbonyl (C=O) groups excluding carboxylic acids is 1. The molecule has 1 fully saturated rings. The van der Waals surface area contributed by atoms with Gasteiger partial charge in [0.2, 0.25) is 5.82 Å². The van der Waals surface area contributed by atoms with E-state index in [-0.39, 0.29) is 17.8 Å². The summed E-state index contributed by atoms with van der Waals surface area (Å²) in [5, 5.41) is 5.18. The molecule has 0 unspecified atom stereocenters. The molecule has 0 radical (unpaired) electrons. The van der Waals surface area contributed by atoms with Crippen LogP contribution < -0.4 is 0 Å². The van der Waals surface area contributed by atoms with Gasteiger partial charge in [-0.1, -0.05) is 17.3 Å². The molecule has 1 aliphatic rings. The minimum Gasteiger partial charge on any atom is -0.339 e. The van der Waals surface area contributed by atoms with Gasteiger partial charge in [0, 0.05) is 37.3 Å². The number of halogens is 3. The van der Waals surface area contributed by atoms with Gasteiger partial charge in [-0.2, -0.15) is 23.2 Å². The molecule has 0 atom stereocenters. The van der Waals surface area contributed by atoms with Crippen LogP contribution >= 0.6 is 0 Å². The van der Waals surface area contributed by atoms with Crippen LogP contribution in [-0.4, -0.2) is 59.3 Å². The summed E-state index contributed by atoms with van der Waals surface area (Å²) < 4.78 is 41.8. The summed E-state index contributed by atoms with van der Waals surface area (Å²) in [4.78, 5) is 22.9. The number of hydrogen-bond acceptors (Lipinski definition) is 6. The monoisotopic (exact) mass is 384 g/mol. The minimum atomic E-state index is -4.69. The normalized spacial score (nSPS) is 16.5. The van der Waals surface area contributed by atoms with Crippen LogP contribution in [0.5, 0.6) is 0 Å². The quantitative estimate of drug-likeness (QED) is 0.807. The Morgan fingerprint density at radius 2 is 1.89 bits per heavy atom. The van der Waals surface area contributed by atoms with Gasteiger partial charge in [0.25, 0.3) is 5.91 Å². The largest absolute Gasteiger partial charge is 0.471 e. The zero-order valence-corrected chi connectivity index (χ0v) is 14.9. The van der Waals surface area contributed by atoms with Crippen LogP contribution in [0.15, 0.2) is 28.8 Å². The van der Waals surface area contributed by atoms with Crippen LogP contribution in [0.25, 0.3) is 11.4 Å². The molecule has 0 aliphatic carbocycles. The fraction of sp³-hybridized carbons (Fsp3) is 0.471. The van der Waals surface area contributed by atoms with E-state index in [9.17, 15) is 18.0 Å². The average molecular weight is 384 g/mol. The Bertz CT molecular complexity index is 783. The molecule has 1 aliphatic heterocycles. The third kappa shape index (κ3) is 4.28. The third-order valence-corrected chi connectivity index (χ3v) is 4.61. The van der Waals surface area contributed by atoms with Gasteiger partial charge in [-0.05, 0) is 25.0 Å². The maximum atomic E-state index is 12.7. The Labute approximate surface area is 153 Å². The zero-order chi connectivity index (χ0) is 19.6. The van der Waals surface area contributed by atoms with E-state index in [1.54, 1.807) is 31.2 Å². The van der Waals surface area contributed by atoms with Crippen LogP contribution in [-0.2, 0) is 11.0 Å². The third-order valence-electron chi connectivity index (χ3n) is 4.61. The van der Waals surface area contributed by atoms with Gasteiger partial charge < -0.3 is 14.3 Å². The molecular weight excluding hydrogens is 365 g/mol. The van der Waals surface area contributed by atoms with Gasteiger partial charge in [-0.15, -0.1) is 0 Å². The van der Waals surface area contributed by atoms with Gasteiger partial charge in [-0.25, -0.2) is 0 Å². The number of benzene rings is 1. The summed E-state index contributed by atoms with van der Waals surface area (Å²) in [7, 11) is 3.37. The minimum absolute atomic E-state index is 0.107. The van der Waals surface area contributed by atoms with Crippen molar-refractivity contribution in [2.24, 2.45) is 0 Å². The van der Waals surface area contributed by atoms with Crippen molar-refractivity contribution in [1.82, 2.24) is 20.1 Å². The maximum absolute atomic E-state index is 12.7. The first-order valence-electron chi connectivity index (χ1n) is 8.37. The number of alkyl halides is 3. The summed E-state index contributed by atoms with van der Waals surface area (Å²) in [5.41, 5.74) is 0.775. The first kappa shape index (κ1) is 19.3. The fourth-order valence-electron chi connectivity index (χ4n) is 3.00. The number of aromatic nitrogens is 2. The van der Waals surface area contributed by atoms with Gasteiger partial charge in [-0.3, -0.25) is 4.79 Å². The summed E-state index contributed by atoms with van der Waals surface area (Å²) in [6.45, 7) is 1.49. The highest BCUT2D eigenvalue weighted by Crippen LogP contribution is 2.29. The predicted molar refractivity (Wildman–Crippen MR) is 88.4 cm³/mol. The second-order valence-electron chi connectivity index (χ2n) is 6.26. The van der Waals surface area contributed by atoms with E-state index in [0.29, 0.717) is 11.1 Å². The fourth-order valence-corrected chi connectivity index (χ4v) is 3.00. The van der Waals surface area contributed by atoms with Crippen molar-refractivity contribution in [3.8, 4) is 11.4 Å². The number of piperidine rings is 1. The lowest BCUT2D eigenvalue weighted by Gasteiger charge is -2.35. The average Bonchev–Trinajstić information content (AvgIpc) is 3.18. The Balaban J connectivity index is 1.68. The Kier molecular flexibility index (Phi) is 5.47. The molecule has 2 heterocycles. The van der Waals surface area contributed by atoms with Gasteiger partial charge in [0.05, 0.1) is 7.11 Å². The molecule has 3 rings (SSSR count). The van der Waals surface area contributed by atoms with Crippen molar-refractivity contribution in [1.29, 1.82) is 0 Å². The van der Waals surface area contributed by atoms with Crippen LogP contribution in [0.4, 0.5) is 13.2 Å². The molecule has 27 heavy (non-hydrogen) atoms. The van der Waals surface area contributed by atoms with E-state index >= 15 is 0 Å². The van der Waals surface area contributed by atoms with Crippen LogP contribution in [0.3, 0.4) is 0 Å². The number of hydrogen-bond donors (Lipinski definition) is 0. The maximum Gasteiger partial charge on any atom is 0.471 e. The Morgan fingerprint density at radius 1 is 1.26 bits per heavy atom. The summed E-state index contributed by atoms with van der Waals surface area (Å²) >= 11 is 0. The molecule has 0 saturated carbocycles. The van der Waals surface area contributed by atoms with Crippen LogP contribution in [0, 0.1) is 0 Å². The number of amides is 1. The number of hydroxylamine groups is 2. The predicted octanol–water partition coefficient (Wildman–Crippen LogP) is 2.85. The highest BCUT2D eigenvalue weighted by Gasteiger charge is 2.38. The zero-order valence-electron chi connectivity index (χ0n) is 14.9. The second-order valence-corrected chi connectivity index (χ2v) is 6.26. The molecule has 1 saturated heterocycles. The van der Waals surface area contributed by atoms with Gasteiger partial charge in [0.15, 0.2) is 0 Å². The van der Waals surface area contributed by atoms with E-state index in [4.69, 9.17) is 4.84 Å². The first-order chi connectivity index (χ1) is 12.8. The van der Waals surface area contributed by atoms with Crippen LogP contribution in [0.2, 0.25) is 0 Å². The van der Waals surface area contributed by atoms with Gasteiger partial charge in [0.1, 0.15) is 0 Å². The second kappa shape index (κ2) is 7.65. The van der Waals surface area contributed by atoms with Crippen molar-refractivity contribution < 1.29 is 27.3 Å². The summed E-state index contributed by atoms with van der Waals surface area (Å²) in [6, 6.07) is 6.19. The molecule has 146 valence electrons. The Hall–Kier alpha value is -2.46. The molecule has 0 bridgehead atoms. The van der Waals surface area contributed by atoms with Gasteiger partial charge >= 0.3 is 12.1 Å². The molecule has 1 aromatic carbocycles.